The van der Waals surface area contributed by atoms with Gasteiger partial charge in [0.25, 0.3) is 0 Å². The van der Waals surface area contributed by atoms with E-state index in [9.17, 15) is 5.26 Å². The summed E-state index contributed by atoms with van der Waals surface area (Å²) in [6.07, 6.45) is 1.90. The number of nitriles is 1. The van der Waals surface area contributed by atoms with Crippen LogP contribution in [0.1, 0.15) is 35.3 Å². The average molecular weight is 400 g/mol. The van der Waals surface area contributed by atoms with Gasteiger partial charge in [-0.2, -0.15) is 10.4 Å². The highest BCUT2D eigenvalue weighted by atomic mass is 16.5. The Bertz CT molecular complexity index is 1170. The molecule has 30 heavy (non-hydrogen) atoms. The van der Waals surface area contributed by atoms with Crippen LogP contribution in [-0.4, -0.2) is 41.5 Å². The van der Waals surface area contributed by atoms with Gasteiger partial charge < -0.3 is 15.0 Å². The molecule has 7 heteroatoms. The highest BCUT2D eigenvalue weighted by Crippen LogP contribution is 2.40. The van der Waals surface area contributed by atoms with E-state index in [1.165, 1.54) is 0 Å². The van der Waals surface area contributed by atoms with Crippen LogP contribution in [0.2, 0.25) is 0 Å². The van der Waals surface area contributed by atoms with Crippen molar-refractivity contribution in [2.45, 2.75) is 26.8 Å². The number of ether oxygens (including phenoxy) is 1. The lowest BCUT2D eigenvalue weighted by atomic mass is 9.78. The van der Waals surface area contributed by atoms with E-state index in [1.807, 2.05) is 38.2 Å². The maximum Gasteiger partial charge on any atom is 0.157 e. The molecule has 1 spiro atoms. The molecule has 152 valence electrons. The lowest BCUT2D eigenvalue weighted by Gasteiger charge is -2.55. The van der Waals surface area contributed by atoms with Gasteiger partial charge >= 0.3 is 0 Å². The number of aryl methyl sites for hydroxylation is 1. The molecular weight excluding hydrogens is 376 g/mol. The Morgan fingerprint density at radius 2 is 2.00 bits per heavy atom. The third kappa shape index (κ3) is 2.96. The van der Waals surface area contributed by atoms with Crippen LogP contribution in [0.4, 0.5) is 11.6 Å². The van der Waals surface area contributed by atoms with Crippen LogP contribution in [0, 0.1) is 30.6 Å². The molecule has 0 saturated carbocycles. The van der Waals surface area contributed by atoms with Gasteiger partial charge in [0.05, 0.1) is 42.0 Å². The summed E-state index contributed by atoms with van der Waals surface area (Å²) in [4.78, 5) is 6.98. The SMILES string of the molecule is Cc1c(C#N)cccc1[C@@H](C)Nc1nnc(C)c2cnc(N3CC4(COC4)C3)cc12. The van der Waals surface area contributed by atoms with Gasteiger partial charge in [-0.1, -0.05) is 12.1 Å². The topological polar surface area (TPSA) is 87.0 Å². The van der Waals surface area contributed by atoms with Crippen molar-refractivity contribution in [1.82, 2.24) is 15.2 Å². The number of hydrogen-bond donors (Lipinski definition) is 1. The molecule has 2 aromatic heterocycles. The first-order valence-corrected chi connectivity index (χ1v) is 10.2. The van der Waals surface area contributed by atoms with E-state index in [0.717, 1.165) is 65.5 Å². The predicted molar refractivity (Wildman–Crippen MR) is 115 cm³/mol. The maximum absolute atomic E-state index is 9.34. The minimum atomic E-state index is -0.0190. The second-order valence-corrected chi connectivity index (χ2v) is 8.57. The summed E-state index contributed by atoms with van der Waals surface area (Å²) in [5, 5.41) is 23.6. The molecule has 2 aliphatic rings. The van der Waals surface area contributed by atoms with Crippen LogP contribution in [0.25, 0.3) is 10.8 Å². The average Bonchev–Trinajstić information content (AvgIpc) is 2.68. The second kappa shape index (κ2) is 6.92. The number of benzene rings is 1. The number of aromatic nitrogens is 3. The number of rotatable bonds is 4. The summed E-state index contributed by atoms with van der Waals surface area (Å²) in [6.45, 7) is 9.70. The molecule has 0 radical (unpaired) electrons. The molecule has 1 aromatic carbocycles. The van der Waals surface area contributed by atoms with Crippen molar-refractivity contribution in [1.29, 1.82) is 5.26 Å². The molecule has 0 amide bonds. The van der Waals surface area contributed by atoms with Gasteiger partial charge in [0, 0.05) is 30.1 Å². The van der Waals surface area contributed by atoms with Crippen LogP contribution in [0.15, 0.2) is 30.5 Å². The van der Waals surface area contributed by atoms with Gasteiger partial charge in [-0.3, -0.25) is 0 Å². The van der Waals surface area contributed by atoms with Gasteiger partial charge in [-0.15, -0.1) is 5.10 Å². The zero-order valence-corrected chi connectivity index (χ0v) is 17.4. The number of nitrogens with one attached hydrogen (secondary N) is 1. The first-order chi connectivity index (χ1) is 14.5. The van der Waals surface area contributed by atoms with E-state index in [1.54, 1.807) is 0 Å². The number of fused-ring (bicyclic) bond motifs is 1. The van der Waals surface area contributed by atoms with Gasteiger partial charge in [-0.25, -0.2) is 4.98 Å². The fraction of sp³-hybridized carbons (Fsp3) is 0.391. The number of nitrogens with zero attached hydrogens (tertiary/aromatic N) is 5. The van der Waals surface area contributed by atoms with Crippen molar-refractivity contribution in [2.24, 2.45) is 5.41 Å². The molecule has 2 saturated heterocycles. The Morgan fingerprint density at radius 1 is 1.20 bits per heavy atom. The molecule has 4 heterocycles. The van der Waals surface area contributed by atoms with Gasteiger partial charge in [0.2, 0.25) is 0 Å². The molecular formula is C23H24N6O. The molecule has 0 bridgehead atoms. The van der Waals surface area contributed by atoms with Gasteiger partial charge in [-0.05, 0) is 44.0 Å². The van der Waals surface area contributed by atoms with Crippen molar-refractivity contribution in [3.8, 4) is 6.07 Å². The normalized spacial score (nSPS) is 17.9. The lowest BCUT2D eigenvalue weighted by Crippen LogP contribution is -2.66. The van der Waals surface area contributed by atoms with Crippen molar-refractivity contribution in [2.75, 3.05) is 36.5 Å². The Morgan fingerprint density at radius 3 is 2.70 bits per heavy atom. The predicted octanol–water partition coefficient (Wildman–Crippen LogP) is 3.52. The highest BCUT2D eigenvalue weighted by Gasteiger charge is 2.49. The van der Waals surface area contributed by atoms with Crippen LogP contribution in [0.5, 0.6) is 0 Å². The van der Waals surface area contributed by atoms with Gasteiger partial charge in [0.15, 0.2) is 5.82 Å². The van der Waals surface area contributed by atoms with E-state index in [-0.39, 0.29) is 6.04 Å². The minimum absolute atomic E-state index is 0.0190. The monoisotopic (exact) mass is 400 g/mol. The summed E-state index contributed by atoms with van der Waals surface area (Å²) in [6, 6.07) is 10.2. The Balaban J connectivity index is 1.47. The van der Waals surface area contributed by atoms with E-state index in [0.29, 0.717) is 11.0 Å². The van der Waals surface area contributed by atoms with Crippen LogP contribution in [-0.2, 0) is 4.74 Å². The standard InChI is InChI=1S/C23H24N6O/c1-14-17(8-24)5-4-6-18(14)15(2)26-22-19-7-21(25-9-20(19)16(3)27-28-22)29-10-23(11-29)12-30-13-23/h4-7,9,15H,10-13H2,1-3H3,(H,26,28)/t15-/m1/s1. The zero-order valence-electron chi connectivity index (χ0n) is 17.4. The molecule has 1 atom stereocenters. The largest absolute Gasteiger partial charge is 0.380 e. The smallest absolute Gasteiger partial charge is 0.157 e. The number of anilines is 2. The third-order valence-electron chi connectivity index (χ3n) is 6.34. The summed E-state index contributed by atoms with van der Waals surface area (Å²) >= 11 is 0. The van der Waals surface area contributed by atoms with E-state index in [2.05, 4.69) is 44.5 Å². The quantitative estimate of drug-likeness (QED) is 0.717. The first kappa shape index (κ1) is 18.8. The van der Waals surface area contributed by atoms with Gasteiger partial charge in [0.1, 0.15) is 5.82 Å². The fourth-order valence-corrected chi connectivity index (χ4v) is 4.47. The summed E-state index contributed by atoms with van der Waals surface area (Å²) < 4.78 is 5.39. The van der Waals surface area contributed by atoms with E-state index >= 15 is 0 Å². The molecule has 3 aromatic rings. The Kier molecular flexibility index (Phi) is 4.33. The zero-order chi connectivity index (χ0) is 20.9. The summed E-state index contributed by atoms with van der Waals surface area (Å²) in [5.41, 5.74) is 3.95. The van der Waals surface area contributed by atoms with E-state index < -0.39 is 0 Å². The second-order valence-electron chi connectivity index (χ2n) is 8.57. The number of pyridine rings is 1. The maximum atomic E-state index is 9.34. The number of hydrogen-bond acceptors (Lipinski definition) is 7. The van der Waals surface area contributed by atoms with Crippen LogP contribution in [0.3, 0.4) is 0 Å². The first-order valence-electron chi connectivity index (χ1n) is 10.2. The Labute approximate surface area is 175 Å². The van der Waals surface area contributed by atoms with Crippen molar-refractivity contribution in [3.05, 3.63) is 52.8 Å². The lowest BCUT2D eigenvalue weighted by molar-refractivity contribution is -0.127. The van der Waals surface area contributed by atoms with Crippen LogP contribution < -0.4 is 10.2 Å². The molecule has 7 nitrogen and oxygen atoms in total. The molecule has 5 rings (SSSR count). The molecule has 1 N–H and O–H groups in total. The van der Waals surface area contributed by atoms with Crippen LogP contribution >= 0.6 is 0 Å². The molecule has 0 unspecified atom stereocenters. The molecule has 2 fully saturated rings. The summed E-state index contributed by atoms with van der Waals surface area (Å²) in [7, 11) is 0. The Hall–Kier alpha value is -3.24. The highest BCUT2D eigenvalue weighted by molar-refractivity contribution is 5.94. The third-order valence-corrected chi connectivity index (χ3v) is 6.34. The summed E-state index contributed by atoms with van der Waals surface area (Å²) in [5.74, 6) is 1.70. The van der Waals surface area contributed by atoms with Crippen molar-refractivity contribution >= 4 is 22.4 Å². The molecule has 0 aliphatic carbocycles. The fourth-order valence-electron chi connectivity index (χ4n) is 4.47. The van der Waals surface area contributed by atoms with E-state index in [4.69, 9.17) is 4.74 Å². The van der Waals surface area contributed by atoms with Crippen molar-refractivity contribution < 1.29 is 4.74 Å². The van der Waals surface area contributed by atoms with Crippen molar-refractivity contribution in [3.63, 3.8) is 0 Å². The minimum Gasteiger partial charge on any atom is -0.380 e. The molecule has 2 aliphatic heterocycles.